The van der Waals surface area contributed by atoms with Gasteiger partial charge in [-0.3, -0.25) is 9.48 Å². The Balaban J connectivity index is 2.89. The van der Waals surface area contributed by atoms with E-state index in [0.717, 1.165) is 13.0 Å². The van der Waals surface area contributed by atoms with Gasteiger partial charge < -0.3 is 11.1 Å². The molecule has 1 aromatic heterocycles. The molecule has 1 rings (SSSR count). The molecule has 0 saturated carbocycles. The number of anilines is 1. The van der Waals surface area contributed by atoms with Gasteiger partial charge in [0.2, 0.25) is 0 Å². The Morgan fingerprint density at radius 2 is 2.46 bits per heavy atom. The summed E-state index contributed by atoms with van der Waals surface area (Å²) >= 11 is 0. The molecule has 0 radical (unpaired) electrons. The van der Waals surface area contributed by atoms with Crippen LogP contribution < -0.4 is 11.1 Å². The van der Waals surface area contributed by atoms with Crippen LogP contribution in [-0.2, 0) is 6.54 Å². The molecule has 1 amide bonds. The number of hydrogen-bond donors (Lipinski definition) is 2. The number of rotatable bonds is 3. The number of nitrogen functional groups attached to an aromatic ring is 1. The standard InChI is InChI=1S/C8H14N4O/c1-3-4-12-5-6(7(9)11-12)8(13)10-2/h5H,3-4H2,1-2H3,(H2,9,11)(H,10,13). The SMILES string of the molecule is CCCn1cc(C(=O)NC)c(N)n1. The Morgan fingerprint density at radius 3 is 3.00 bits per heavy atom. The fraction of sp³-hybridized carbons (Fsp3) is 0.500. The summed E-state index contributed by atoms with van der Waals surface area (Å²) in [6.45, 7) is 2.82. The first-order valence-corrected chi connectivity index (χ1v) is 4.24. The van der Waals surface area contributed by atoms with Crippen LogP contribution in [0.15, 0.2) is 6.20 Å². The normalized spacial score (nSPS) is 10.0. The zero-order valence-electron chi connectivity index (χ0n) is 7.87. The lowest BCUT2D eigenvalue weighted by Gasteiger charge is -1.94. The number of nitrogens with zero attached hydrogens (tertiary/aromatic N) is 2. The lowest BCUT2D eigenvalue weighted by atomic mass is 10.3. The Labute approximate surface area is 76.9 Å². The van der Waals surface area contributed by atoms with Crippen molar-refractivity contribution in [3.05, 3.63) is 11.8 Å². The highest BCUT2D eigenvalue weighted by atomic mass is 16.1. The average Bonchev–Trinajstić information content (AvgIpc) is 2.46. The summed E-state index contributed by atoms with van der Waals surface area (Å²) in [6, 6.07) is 0. The zero-order valence-corrected chi connectivity index (χ0v) is 7.87. The van der Waals surface area contributed by atoms with Gasteiger partial charge in [0.15, 0.2) is 5.82 Å². The number of hydrogen-bond acceptors (Lipinski definition) is 3. The van der Waals surface area contributed by atoms with Crippen LogP contribution in [-0.4, -0.2) is 22.7 Å². The maximum atomic E-state index is 11.2. The van der Waals surface area contributed by atoms with Crippen molar-refractivity contribution in [2.75, 3.05) is 12.8 Å². The predicted molar refractivity (Wildman–Crippen MR) is 50.3 cm³/mol. The zero-order chi connectivity index (χ0) is 9.84. The Bertz CT molecular complexity index is 305. The molecular weight excluding hydrogens is 168 g/mol. The third-order valence-corrected chi connectivity index (χ3v) is 1.71. The van der Waals surface area contributed by atoms with E-state index in [1.54, 1.807) is 17.9 Å². The van der Waals surface area contributed by atoms with Crippen LogP contribution >= 0.6 is 0 Å². The first-order chi connectivity index (χ1) is 6.19. The molecule has 1 aromatic rings. The van der Waals surface area contributed by atoms with E-state index in [4.69, 9.17) is 5.73 Å². The van der Waals surface area contributed by atoms with Gasteiger partial charge in [-0.1, -0.05) is 6.92 Å². The van der Waals surface area contributed by atoms with E-state index in [9.17, 15) is 4.79 Å². The van der Waals surface area contributed by atoms with Gasteiger partial charge in [-0.15, -0.1) is 0 Å². The monoisotopic (exact) mass is 182 g/mol. The maximum Gasteiger partial charge on any atom is 0.256 e. The van der Waals surface area contributed by atoms with Gasteiger partial charge in [-0.2, -0.15) is 5.10 Å². The molecular formula is C8H14N4O. The minimum absolute atomic E-state index is 0.195. The summed E-state index contributed by atoms with van der Waals surface area (Å²) in [6.07, 6.45) is 2.63. The number of carbonyl (C=O) groups excluding carboxylic acids is 1. The molecule has 3 N–H and O–H groups in total. The van der Waals surface area contributed by atoms with Gasteiger partial charge in [-0.05, 0) is 6.42 Å². The van der Waals surface area contributed by atoms with Crippen molar-refractivity contribution < 1.29 is 4.79 Å². The highest BCUT2D eigenvalue weighted by Gasteiger charge is 2.11. The third kappa shape index (κ3) is 1.99. The molecule has 0 atom stereocenters. The van der Waals surface area contributed by atoms with E-state index in [0.29, 0.717) is 5.56 Å². The predicted octanol–water partition coefficient (Wildman–Crippen LogP) is 0.235. The third-order valence-electron chi connectivity index (χ3n) is 1.71. The second kappa shape index (κ2) is 3.93. The largest absolute Gasteiger partial charge is 0.382 e. The summed E-state index contributed by atoms with van der Waals surface area (Å²) in [7, 11) is 1.57. The molecule has 0 fully saturated rings. The average molecular weight is 182 g/mol. The molecule has 5 heteroatoms. The first-order valence-electron chi connectivity index (χ1n) is 4.24. The molecule has 0 spiro atoms. The number of aromatic nitrogens is 2. The number of aryl methyl sites for hydroxylation is 1. The van der Waals surface area contributed by atoms with Crippen LogP contribution in [0.2, 0.25) is 0 Å². The lowest BCUT2D eigenvalue weighted by Crippen LogP contribution is -2.18. The van der Waals surface area contributed by atoms with Crippen LogP contribution in [0.4, 0.5) is 5.82 Å². The van der Waals surface area contributed by atoms with Crippen molar-refractivity contribution in [1.82, 2.24) is 15.1 Å². The lowest BCUT2D eigenvalue weighted by molar-refractivity contribution is 0.0964. The topological polar surface area (TPSA) is 72.9 Å². The van der Waals surface area contributed by atoms with Crippen molar-refractivity contribution in [2.45, 2.75) is 19.9 Å². The molecule has 13 heavy (non-hydrogen) atoms. The second-order valence-corrected chi connectivity index (χ2v) is 2.77. The van der Waals surface area contributed by atoms with Crippen LogP contribution in [0.25, 0.3) is 0 Å². The number of nitrogens with two attached hydrogens (primary N) is 1. The van der Waals surface area contributed by atoms with E-state index in [2.05, 4.69) is 10.4 Å². The summed E-state index contributed by atoms with van der Waals surface area (Å²) in [5.74, 6) is 0.0904. The fourth-order valence-electron chi connectivity index (χ4n) is 1.09. The van der Waals surface area contributed by atoms with Gasteiger partial charge >= 0.3 is 0 Å². The summed E-state index contributed by atoms with van der Waals surface area (Å²) in [4.78, 5) is 11.2. The van der Waals surface area contributed by atoms with Gasteiger partial charge in [0.05, 0.1) is 0 Å². The van der Waals surface area contributed by atoms with E-state index < -0.39 is 0 Å². The Morgan fingerprint density at radius 1 is 1.77 bits per heavy atom. The van der Waals surface area contributed by atoms with Crippen molar-refractivity contribution in [1.29, 1.82) is 0 Å². The second-order valence-electron chi connectivity index (χ2n) is 2.77. The minimum atomic E-state index is -0.195. The molecule has 72 valence electrons. The van der Waals surface area contributed by atoms with Gasteiger partial charge in [-0.25, -0.2) is 0 Å². The smallest absolute Gasteiger partial charge is 0.256 e. The van der Waals surface area contributed by atoms with E-state index in [1.807, 2.05) is 6.92 Å². The number of amides is 1. The molecule has 0 aromatic carbocycles. The van der Waals surface area contributed by atoms with Gasteiger partial charge in [0.1, 0.15) is 5.56 Å². The highest BCUT2D eigenvalue weighted by molar-refractivity contribution is 5.97. The van der Waals surface area contributed by atoms with Crippen molar-refractivity contribution in [3.8, 4) is 0 Å². The first kappa shape index (κ1) is 9.57. The number of carbonyl (C=O) groups is 1. The van der Waals surface area contributed by atoms with Gasteiger partial charge in [0, 0.05) is 19.8 Å². The molecule has 5 nitrogen and oxygen atoms in total. The molecule has 0 aliphatic rings. The highest BCUT2D eigenvalue weighted by Crippen LogP contribution is 2.08. The molecule has 0 bridgehead atoms. The summed E-state index contributed by atoms with van der Waals surface area (Å²) < 4.78 is 1.68. The summed E-state index contributed by atoms with van der Waals surface area (Å²) in [5.41, 5.74) is 6.00. The Hall–Kier alpha value is -1.52. The molecule has 0 aliphatic carbocycles. The van der Waals surface area contributed by atoms with Crippen molar-refractivity contribution in [2.24, 2.45) is 0 Å². The molecule has 1 heterocycles. The van der Waals surface area contributed by atoms with E-state index in [-0.39, 0.29) is 11.7 Å². The molecule has 0 aliphatic heterocycles. The van der Waals surface area contributed by atoms with Gasteiger partial charge in [0.25, 0.3) is 5.91 Å². The van der Waals surface area contributed by atoms with E-state index in [1.165, 1.54) is 0 Å². The quantitative estimate of drug-likeness (QED) is 0.703. The van der Waals surface area contributed by atoms with E-state index >= 15 is 0 Å². The minimum Gasteiger partial charge on any atom is -0.382 e. The van der Waals surface area contributed by atoms with Crippen molar-refractivity contribution >= 4 is 11.7 Å². The van der Waals surface area contributed by atoms with Crippen LogP contribution in [0.3, 0.4) is 0 Å². The van der Waals surface area contributed by atoms with Crippen LogP contribution in [0.1, 0.15) is 23.7 Å². The van der Waals surface area contributed by atoms with Crippen LogP contribution in [0, 0.1) is 0 Å². The Kier molecular flexibility index (Phi) is 2.89. The number of nitrogens with one attached hydrogen (secondary N) is 1. The van der Waals surface area contributed by atoms with Crippen molar-refractivity contribution in [3.63, 3.8) is 0 Å². The fourth-order valence-corrected chi connectivity index (χ4v) is 1.09. The maximum absolute atomic E-state index is 11.2. The molecule has 0 saturated heterocycles. The summed E-state index contributed by atoms with van der Waals surface area (Å²) in [5, 5.41) is 6.51. The van der Waals surface area contributed by atoms with Crippen LogP contribution in [0.5, 0.6) is 0 Å². The molecule has 0 unspecified atom stereocenters.